The van der Waals surface area contributed by atoms with E-state index < -0.39 is 11.7 Å². The maximum absolute atomic E-state index is 12.9. The van der Waals surface area contributed by atoms with Crippen LogP contribution >= 0.6 is 36.4 Å². The molecule has 4 rings (SSSR count). The van der Waals surface area contributed by atoms with Gasteiger partial charge in [-0.05, 0) is 42.5 Å². The van der Waals surface area contributed by atoms with Crippen molar-refractivity contribution < 1.29 is 17.9 Å². The molecular weight excluding hydrogens is 526 g/mol. The molecule has 0 saturated heterocycles. The number of hydrogen-bond acceptors (Lipinski definition) is 5. The Morgan fingerprint density at radius 1 is 1.06 bits per heavy atom. The third kappa shape index (κ3) is 6.71. The van der Waals surface area contributed by atoms with E-state index in [0.29, 0.717) is 18.1 Å². The molecule has 0 unspecified atom stereocenters. The van der Waals surface area contributed by atoms with Gasteiger partial charge >= 0.3 is 6.18 Å². The smallest absolute Gasteiger partial charge is 0.416 e. The number of rotatable bonds is 5. The quantitative estimate of drug-likeness (QED) is 0.283. The van der Waals surface area contributed by atoms with Crippen LogP contribution in [0.2, 0.25) is 5.02 Å². The number of aromatic nitrogens is 3. The maximum atomic E-state index is 12.9. The highest BCUT2D eigenvalue weighted by molar-refractivity contribution is 6.32. The van der Waals surface area contributed by atoms with Gasteiger partial charge in [-0.25, -0.2) is 9.97 Å². The van der Waals surface area contributed by atoms with E-state index in [9.17, 15) is 13.2 Å². The molecule has 6 nitrogen and oxygen atoms in total. The molecule has 0 aliphatic carbocycles. The molecule has 0 aliphatic rings. The zero-order valence-electron chi connectivity index (χ0n) is 17.8. The molecule has 0 bridgehead atoms. The van der Waals surface area contributed by atoms with E-state index in [1.807, 2.05) is 16.8 Å². The molecule has 12 heteroatoms. The van der Waals surface area contributed by atoms with Crippen LogP contribution in [0.15, 0.2) is 61.1 Å². The first-order valence-electron chi connectivity index (χ1n) is 9.72. The molecule has 2 aromatic carbocycles. The van der Waals surface area contributed by atoms with Crippen molar-refractivity contribution in [3.05, 3.63) is 71.6 Å². The minimum Gasteiger partial charge on any atom is -0.456 e. The van der Waals surface area contributed by atoms with E-state index >= 15 is 0 Å². The Hall–Kier alpha value is -3.16. The molecule has 184 valence electrons. The number of halogens is 6. The van der Waals surface area contributed by atoms with Gasteiger partial charge in [0, 0.05) is 11.9 Å². The van der Waals surface area contributed by atoms with Gasteiger partial charge in [-0.3, -0.25) is 0 Å². The lowest BCUT2D eigenvalue weighted by molar-refractivity contribution is -0.137. The number of fused-ring (bicyclic) bond motifs is 1. The van der Waals surface area contributed by atoms with Gasteiger partial charge in [0.1, 0.15) is 23.3 Å². The first kappa shape index (κ1) is 28.1. The molecule has 4 aromatic rings. The fourth-order valence-electron chi connectivity index (χ4n) is 3.13. The Morgan fingerprint density at radius 3 is 2.57 bits per heavy atom. The summed E-state index contributed by atoms with van der Waals surface area (Å²) < 4.78 is 46.3. The van der Waals surface area contributed by atoms with E-state index in [1.165, 1.54) is 18.5 Å². The summed E-state index contributed by atoms with van der Waals surface area (Å²) in [6.45, 7) is 0.696. The molecule has 0 spiro atoms. The highest BCUT2D eigenvalue weighted by Crippen LogP contribution is 2.36. The first-order valence-corrected chi connectivity index (χ1v) is 10.1. The molecule has 0 fully saturated rings. The van der Waals surface area contributed by atoms with Crippen LogP contribution in [-0.4, -0.2) is 21.1 Å². The Bertz CT molecular complexity index is 1370. The summed E-state index contributed by atoms with van der Waals surface area (Å²) in [7, 11) is 0. The highest BCUT2D eigenvalue weighted by atomic mass is 35.5. The van der Waals surface area contributed by atoms with Crippen LogP contribution in [0.5, 0.6) is 11.5 Å². The van der Waals surface area contributed by atoms with Crippen molar-refractivity contribution >= 4 is 59.0 Å². The molecule has 0 aliphatic heterocycles. The number of nitrogens with zero attached hydrogens (tertiary/aromatic N) is 3. The largest absolute Gasteiger partial charge is 0.456 e. The van der Waals surface area contributed by atoms with E-state index in [1.54, 1.807) is 18.2 Å². The average Bonchev–Trinajstić information content (AvgIpc) is 3.20. The maximum Gasteiger partial charge on any atom is 0.416 e. The van der Waals surface area contributed by atoms with Crippen LogP contribution in [0.1, 0.15) is 5.56 Å². The molecule has 0 radical (unpaired) electrons. The predicted octanol–water partition coefficient (Wildman–Crippen LogP) is 6.45. The second-order valence-corrected chi connectivity index (χ2v) is 7.26. The predicted molar refractivity (Wildman–Crippen MR) is 135 cm³/mol. The summed E-state index contributed by atoms with van der Waals surface area (Å²) in [5.74, 6) is 6.58. The zero-order valence-corrected chi connectivity index (χ0v) is 20.2. The van der Waals surface area contributed by atoms with Crippen LogP contribution in [-0.2, 0) is 12.7 Å². The van der Waals surface area contributed by atoms with E-state index in [-0.39, 0.29) is 47.9 Å². The number of anilines is 2. The lowest BCUT2D eigenvalue weighted by Crippen LogP contribution is -2.04. The van der Waals surface area contributed by atoms with Gasteiger partial charge < -0.3 is 20.4 Å². The molecular formula is C23H19Cl3F3N5O. The monoisotopic (exact) mass is 543 g/mol. The number of hydrogen-bond donors (Lipinski definition) is 2. The number of nitrogens with one attached hydrogen (secondary N) is 1. The van der Waals surface area contributed by atoms with E-state index in [4.69, 9.17) is 22.1 Å². The standard InChI is InChI=1S/C23H17ClF3N5O.2ClH/c24-18-13-16(6-7-20(18)33-17-5-3-4-15(12-17)23(25,26)27)31-22-21-19(29-14-30-22)8-11-32(21)10-2-1-9-28;;/h3-8,11-14H,9-10,28H2,(H,29,30,31);2*1H. The van der Waals surface area contributed by atoms with Gasteiger partial charge in [-0.2, -0.15) is 13.2 Å². The summed E-state index contributed by atoms with van der Waals surface area (Å²) in [4.78, 5) is 8.58. The SMILES string of the molecule is Cl.Cl.NCC#CCn1ccc2ncnc(Nc3ccc(Oc4cccc(C(F)(F)F)c4)c(Cl)c3)c21. The molecule has 0 amide bonds. The normalized spacial score (nSPS) is 10.5. The Morgan fingerprint density at radius 2 is 1.86 bits per heavy atom. The van der Waals surface area contributed by atoms with Crippen molar-refractivity contribution in [2.24, 2.45) is 5.73 Å². The number of alkyl halides is 3. The molecule has 3 N–H and O–H groups in total. The molecule has 0 atom stereocenters. The molecule has 0 saturated carbocycles. The van der Waals surface area contributed by atoms with Crippen molar-refractivity contribution in [3.63, 3.8) is 0 Å². The second-order valence-electron chi connectivity index (χ2n) is 6.86. The van der Waals surface area contributed by atoms with Gasteiger partial charge in [-0.1, -0.05) is 29.5 Å². The Labute approximate surface area is 216 Å². The number of benzene rings is 2. The average molecular weight is 545 g/mol. The molecule has 2 aromatic heterocycles. The lowest BCUT2D eigenvalue weighted by Gasteiger charge is -2.13. The molecule has 35 heavy (non-hydrogen) atoms. The summed E-state index contributed by atoms with van der Waals surface area (Å²) in [5, 5.41) is 3.41. The Kier molecular flexibility index (Phi) is 9.63. The summed E-state index contributed by atoms with van der Waals surface area (Å²) in [6.07, 6.45) is -1.17. The van der Waals surface area contributed by atoms with Crippen molar-refractivity contribution in [1.82, 2.24) is 14.5 Å². The minimum atomic E-state index is -4.46. The van der Waals surface area contributed by atoms with Crippen LogP contribution < -0.4 is 15.8 Å². The minimum absolute atomic E-state index is 0. The summed E-state index contributed by atoms with van der Waals surface area (Å²) in [5.41, 5.74) is 6.71. The van der Waals surface area contributed by atoms with Crippen molar-refractivity contribution in [2.75, 3.05) is 11.9 Å². The van der Waals surface area contributed by atoms with Crippen molar-refractivity contribution in [2.45, 2.75) is 12.7 Å². The van der Waals surface area contributed by atoms with Crippen LogP contribution in [0.25, 0.3) is 11.0 Å². The van der Waals surface area contributed by atoms with E-state index in [2.05, 4.69) is 27.1 Å². The van der Waals surface area contributed by atoms with E-state index in [0.717, 1.165) is 23.2 Å². The van der Waals surface area contributed by atoms with Crippen molar-refractivity contribution in [3.8, 4) is 23.3 Å². The van der Waals surface area contributed by atoms with Gasteiger partial charge in [0.05, 0.1) is 29.2 Å². The van der Waals surface area contributed by atoms with Gasteiger partial charge in [0.2, 0.25) is 0 Å². The van der Waals surface area contributed by atoms with Crippen LogP contribution in [0, 0.1) is 11.8 Å². The Balaban J connectivity index is 0.00000216. The third-order valence-corrected chi connectivity index (χ3v) is 4.91. The van der Waals surface area contributed by atoms with Gasteiger partial charge in [-0.15, -0.1) is 24.8 Å². The number of ether oxygens (including phenoxy) is 1. The third-order valence-electron chi connectivity index (χ3n) is 4.61. The van der Waals surface area contributed by atoms with Crippen LogP contribution in [0.3, 0.4) is 0 Å². The second kappa shape index (κ2) is 12.0. The highest BCUT2D eigenvalue weighted by Gasteiger charge is 2.30. The lowest BCUT2D eigenvalue weighted by atomic mass is 10.2. The zero-order chi connectivity index (χ0) is 23.4. The fourth-order valence-corrected chi connectivity index (χ4v) is 3.35. The summed E-state index contributed by atoms with van der Waals surface area (Å²) >= 11 is 6.33. The fraction of sp³-hybridized carbons (Fsp3) is 0.130. The van der Waals surface area contributed by atoms with Crippen molar-refractivity contribution in [1.29, 1.82) is 0 Å². The summed E-state index contributed by atoms with van der Waals surface area (Å²) in [6, 6.07) is 11.3. The van der Waals surface area contributed by atoms with Crippen LogP contribution in [0.4, 0.5) is 24.7 Å². The molecule has 2 heterocycles. The van der Waals surface area contributed by atoms with Gasteiger partial charge in [0.25, 0.3) is 0 Å². The van der Waals surface area contributed by atoms with Gasteiger partial charge in [0.15, 0.2) is 5.82 Å². The first-order chi connectivity index (χ1) is 15.8. The topological polar surface area (TPSA) is 78.0 Å². The number of nitrogens with two attached hydrogens (primary N) is 1.